The van der Waals surface area contributed by atoms with E-state index in [0.29, 0.717) is 23.9 Å². The number of nitrogens with one attached hydrogen (secondary N) is 1. The molecule has 0 aliphatic rings. The summed E-state index contributed by atoms with van der Waals surface area (Å²) in [5.74, 6) is 1.06. The minimum atomic E-state index is -0.0343. The fraction of sp³-hybridized carbons (Fsp3) is 0.692. The molecule has 0 bridgehead atoms. The lowest BCUT2D eigenvalue weighted by Gasteiger charge is -2.13. The van der Waals surface area contributed by atoms with Crippen LogP contribution >= 0.6 is 11.6 Å². The molecule has 0 aliphatic carbocycles. The van der Waals surface area contributed by atoms with E-state index in [-0.39, 0.29) is 5.91 Å². The monoisotopic (exact) mass is 271 g/mol. The second-order valence-electron chi connectivity index (χ2n) is 4.48. The van der Waals surface area contributed by atoms with Gasteiger partial charge >= 0.3 is 0 Å². The van der Waals surface area contributed by atoms with Crippen LogP contribution in [0, 0.1) is 5.92 Å². The molecule has 0 saturated carbocycles. The molecule has 0 fully saturated rings. The highest BCUT2D eigenvalue weighted by Crippen LogP contribution is 2.10. The number of rotatable bonds is 7. The maximum absolute atomic E-state index is 12.1. The molecule has 5 heteroatoms. The Labute approximate surface area is 114 Å². The van der Waals surface area contributed by atoms with Gasteiger partial charge in [-0.3, -0.25) is 9.48 Å². The third-order valence-corrected chi connectivity index (χ3v) is 3.35. The van der Waals surface area contributed by atoms with Gasteiger partial charge in [0.2, 0.25) is 0 Å². The SMILES string of the molecule is CCc1nn(C)cc1C(=O)NCC(CC)CCCl. The zero-order valence-corrected chi connectivity index (χ0v) is 12.1. The van der Waals surface area contributed by atoms with Crippen molar-refractivity contribution in [2.75, 3.05) is 12.4 Å². The van der Waals surface area contributed by atoms with E-state index in [4.69, 9.17) is 11.6 Å². The van der Waals surface area contributed by atoms with Gasteiger partial charge in [0.1, 0.15) is 0 Å². The molecule has 1 N–H and O–H groups in total. The second-order valence-corrected chi connectivity index (χ2v) is 4.86. The molecule has 0 aromatic carbocycles. The summed E-state index contributed by atoms with van der Waals surface area (Å²) in [5, 5.41) is 7.24. The summed E-state index contributed by atoms with van der Waals surface area (Å²) in [6.45, 7) is 4.80. The number of aryl methyl sites for hydroxylation is 2. The number of hydrogen-bond donors (Lipinski definition) is 1. The van der Waals surface area contributed by atoms with Crippen LogP contribution in [0.3, 0.4) is 0 Å². The fourth-order valence-electron chi connectivity index (χ4n) is 1.92. The van der Waals surface area contributed by atoms with E-state index < -0.39 is 0 Å². The topological polar surface area (TPSA) is 46.9 Å². The van der Waals surface area contributed by atoms with Gasteiger partial charge < -0.3 is 5.32 Å². The van der Waals surface area contributed by atoms with E-state index in [0.717, 1.165) is 25.0 Å². The predicted octanol–water partition coefficient (Wildman–Crippen LogP) is 2.37. The van der Waals surface area contributed by atoms with Gasteiger partial charge in [0.25, 0.3) is 5.91 Å². The first-order valence-corrected chi connectivity index (χ1v) is 7.02. The molecule has 0 spiro atoms. The number of carbonyl (C=O) groups excluding carboxylic acids is 1. The lowest BCUT2D eigenvalue weighted by molar-refractivity contribution is 0.0945. The van der Waals surface area contributed by atoms with E-state index in [9.17, 15) is 4.79 Å². The molecular formula is C13H22ClN3O. The molecule has 0 saturated heterocycles. The van der Waals surface area contributed by atoms with Crippen LogP contribution in [-0.2, 0) is 13.5 Å². The van der Waals surface area contributed by atoms with Crippen molar-refractivity contribution in [3.63, 3.8) is 0 Å². The first-order chi connectivity index (χ1) is 8.62. The van der Waals surface area contributed by atoms with Crippen LogP contribution in [-0.4, -0.2) is 28.1 Å². The largest absolute Gasteiger partial charge is 0.352 e. The summed E-state index contributed by atoms with van der Waals surface area (Å²) in [7, 11) is 1.83. The minimum Gasteiger partial charge on any atom is -0.352 e. The van der Waals surface area contributed by atoms with Gasteiger partial charge in [-0.25, -0.2) is 0 Å². The lowest BCUT2D eigenvalue weighted by atomic mass is 10.0. The summed E-state index contributed by atoms with van der Waals surface area (Å²) in [4.78, 5) is 12.1. The number of hydrogen-bond acceptors (Lipinski definition) is 2. The molecule has 4 nitrogen and oxygen atoms in total. The van der Waals surface area contributed by atoms with E-state index in [1.54, 1.807) is 10.9 Å². The van der Waals surface area contributed by atoms with Crippen molar-refractivity contribution in [3.8, 4) is 0 Å². The molecule has 0 aliphatic heterocycles. The lowest BCUT2D eigenvalue weighted by Crippen LogP contribution is -2.29. The van der Waals surface area contributed by atoms with E-state index in [2.05, 4.69) is 17.3 Å². The Bertz CT molecular complexity index is 390. The summed E-state index contributed by atoms with van der Waals surface area (Å²) < 4.78 is 1.68. The van der Waals surface area contributed by atoms with Gasteiger partial charge in [-0.05, 0) is 18.8 Å². The Kier molecular flexibility index (Phi) is 6.19. The molecule has 1 rings (SSSR count). The number of nitrogens with zero attached hydrogens (tertiary/aromatic N) is 2. The van der Waals surface area contributed by atoms with Crippen LogP contribution < -0.4 is 5.32 Å². The standard InChI is InChI=1S/C13H22ClN3O/c1-4-10(6-7-14)8-15-13(18)11-9-17(3)16-12(11)5-2/h9-10H,4-8H2,1-3H3,(H,15,18). The quantitative estimate of drug-likeness (QED) is 0.774. The zero-order chi connectivity index (χ0) is 13.5. The number of amides is 1. The Balaban J connectivity index is 2.59. The highest BCUT2D eigenvalue weighted by atomic mass is 35.5. The third kappa shape index (κ3) is 4.02. The van der Waals surface area contributed by atoms with Crippen LogP contribution in [0.25, 0.3) is 0 Å². The Morgan fingerprint density at radius 3 is 2.83 bits per heavy atom. The molecule has 1 aromatic heterocycles. The van der Waals surface area contributed by atoms with E-state index in [1.807, 2.05) is 14.0 Å². The van der Waals surface area contributed by atoms with Crippen molar-refractivity contribution in [2.45, 2.75) is 33.1 Å². The minimum absolute atomic E-state index is 0.0343. The molecule has 1 atom stereocenters. The van der Waals surface area contributed by atoms with Gasteiger partial charge in [-0.2, -0.15) is 5.10 Å². The van der Waals surface area contributed by atoms with Crippen LogP contribution in [0.5, 0.6) is 0 Å². The Hall–Kier alpha value is -1.03. The first kappa shape index (κ1) is 15.0. The van der Waals surface area contributed by atoms with E-state index in [1.165, 1.54) is 0 Å². The number of carbonyl (C=O) groups is 1. The van der Waals surface area contributed by atoms with Crippen molar-refractivity contribution >= 4 is 17.5 Å². The molecule has 18 heavy (non-hydrogen) atoms. The van der Waals surface area contributed by atoms with Crippen molar-refractivity contribution in [3.05, 3.63) is 17.5 Å². The number of alkyl halides is 1. The van der Waals surface area contributed by atoms with Gasteiger partial charge in [-0.1, -0.05) is 20.3 Å². The molecule has 102 valence electrons. The van der Waals surface area contributed by atoms with Crippen LogP contribution in [0.2, 0.25) is 0 Å². The normalized spacial score (nSPS) is 12.4. The van der Waals surface area contributed by atoms with Gasteiger partial charge in [0, 0.05) is 25.7 Å². The van der Waals surface area contributed by atoms with Crippen molar-refractivity contribution in [1.29, 1.82) is 0 Å². The average molecular weight is 272 g/mol. The third-order valence-electron chi connectivity index (χ3n) is 3.13. The molecular weight excluding hydrogens is 250 g/mol. The zero-order valence-electron chi connectivity index (χ0n) is 11.4. The number of aromatic nitrogens is 2. The van der Waals surface area contributed by atoms with Crippen LogP contribution in [0.15, 0.2) is 6.20 Å². The van der Waals surface area contributed by atoms with Gasteiger partial charge in [0.15, 0.2) is 0 Å². The smallest absolute Gasteiger partial charge is 0.254 e. The van der Waals surface area contributed by atoms with Gasteiger partial charge in [0.05, 0.1) is 11.3 Å². The highest BCUT2D eigenvalue weighted by molar-refractivity contribution is 6.17. The number of halogens is 1. The fourth-order valence-corrected chi connectivity index (χ4v) is 2.23. The molecule has 1 unspecified atom stereocenters. The molecule has 1 amide bonds. The Morgan fingerprint density at radius 1 is 1.56 bits per heavy atom. The maximum Gasteiger partial charge on any atom is 0.254 e. The maximum atomic E-state index is 12.1. The van der Waals surface area contributed by atoms with Crippen LogP contribution in [0.4, 0.5) is 0 Å². The van der Waals surface area contributed by atoms with Crippen molar-refractivity contribution < 1.29 is 4.79 Å². The van der Waals surface area contributed by atoms with Crippen LogP contribution in [0.1, 0.15) is 42.7 Å². The summed E-state index contributed by atoms with van der Waals surface area (Å²) in [6.07, 6.45) is 4.51. The Morgan fingerprint density at radius 2 is 2.28 bits per heavy atom. The second kappa shape index (κ2) is 7.41. The molecule has 0 radical (unpaired) electrons. The summed E-state index contributed by atoms with van der Waals surface area (Å²) in [6, 6.07) is 0. The summed E-state index contributed by atoms with van der Waals surface area (Å²) >= 11 is 5.73. The van der Waals surface area contributed by atoms with Crippen molar-refractivity contribution in [1.82, 2.24) is 15.1 Å². The van der Waals surface area contributed by atoms with Crippen molar-refractivity contribution in [2.24, 2.45) is 13.0 Å². The highest BCUT2D eigenvalue weighted by Gasteiger charge is 2.15. The van der Waals surface area contributed by atoms with Gasteiger partial charge in [-0.15, -0.1) is 11.6 Å². The molecule has 1 aromatic rings. The predicted molar refractivity (Wildman–Crippen MR) is 74.0 cm³/mol. The average Bonchev–Trinajstić information content (AvgIpc) is 2.75. The summed E-state index contributed by atoms with van der Waals surface area (Å²) in [5.41, 5.74) is 1.53. The van der Waals surface area contributed by atoms with E-state index >= 15 is 0 Å². The molecule has 1 heterocycles. The first-order valence-electron chi connectivity index (χ1n) is 6.49.